The van der Waals surface area contributed by atoms with Crippen LogP contribution in [0.4, 0.5) is 13.2 Å². The van der Waals surface area contributed by atoms with E-state index in [1.165, 1.54) is 44.2 Å². The molecule has 3 aromatic rings. The molecule has 0 spiro atoms. The average Bonchev–Trinajstić information content (AvgIpc) is 2.98. The minimum absolute atomic E-state index is 0.0653. The Morgan fingerprint density at radius 3 is 2.08 bits per heavy atom. The Kier molecular flexibility index (Phi) is 11.5. The van der Waals surface area contributed by atoms with E-state index in [0.717, 1.165) is 50.7 Å². The zero-order valence-electron chi connectivity index (χ0n) is 24.0. The van der Waals surface area contributed by atoms with E-state index >= 15 is 4.39 Å². The van der Waals surface area contributed by atoms with Gasteiger partial charge in [-0.15, -0.1) is 0 Å². The first-order valence-corrected chi connectivity index (χ1v) is 15.1. The van der Waals surface area contributed by atoms with Crippen molar-refractivity contribution in [3.8, 4) is 28.0 Å². The van der Waals surface area contributed by atoms with Gasteiger partial charge < -0.3 is 9.47 Å². The third-order valence-corrected chi connectivity index (χ3v) is 8.01. The molecule has 1 saturated heterocycles. The van der Waals surface area contributed by atoms with Crippen LogP contribution in [0.5, 0.6) is 5.75 Å². The molecule has 2 nitrogen and oxygen atoms in total. The Morgan fingerprint density at radius 1 is 0.725 bits per heavy atom. The van der Waals surface area contributed by atoms with Crippen molar-refractivity contribution < 1.29 is 22.6 Å². The van der Waals surface area contributed by atoms with Crippen molar-refractivity contribution in [1.29, 1.82) is 0 Å². The topological polar surface area (TPSA) is 18.5 Å². The van der Waals surface area contributed by atoms with Crippen LogP contribution < -0.4 is 4.74 Å². The predicted molar refractivity (Wildman–Crippen MR) is 157 cm³/mol. The monoisotopic (exact) mass is 552 g/mol. The first-order valence-electron chi connectivity index (χ1n) is 15.1. The molecule has 0 N–H and O–H groups in total. The molecule has 2 atom stereocenters. The van der Waals surface area contributed by atoms with E-state index in [1.807, 2.05) is 6.07 Å². The molecule has 4 rings (SSSR count). The van der Waals surface area contributed by atoms with Crippen molar-refractivity contribution >= 4 is 0 Å². The standard InChI is InChI=1S/C35H43F3O2/c1-3-5-7-8-10-22-39-33-21-19-30(34(37)35(33)38)27-15-13-26(14-16-27)29-18-17-28(23-31(29)36)32-20-12-25(24-40-32)11-9-6-4-2/h13-19,21,23,25,32H,3-12,20,22,24H2,1-2H3. The highest BCUT2D eigenvalue weighted by Gasteiger charge is 2.23. The van der Waals surface area contributed by atoms with Gasteiger partial charge in [-0.1, -0.05) is 95.2 Å². The van der Waals surface area contributed by atoms with E-state index in [1.54, 1.807) is 36.4 Å². The fourth-order valence-corrected chi connectivity index (χ4v) is 5.53. The second kappa shape index (κ2) is 15.3. The normalized spacial score (nSPS) is 17.2. The van der Waals surface area contributed by atoms with Crippen LogP contribution in [0.3, 0.4) is 0 Å². The lowest BCUT2D eigenvalue weighted by Crippen LogP contribution is -2.20. The van der Waals surface area contributed by atoms with Gasteiger partial charge >= 0.3 is 0 Å². The molecule has 1 aliphatic heterocycles. The van der Waals surface area contributed by atoms with Crippen molar-refractivity contribution in [3.63, 3.8) is 0 Å². The Bertz CT molecular complexity index is 1200. The first-order chi connectivity index (χ1) is 19.5. The smallest absolute Gasteiger partial charge is 0.201 e. The Hall–Kier alpha value is -2.79. The summed E-state index contributed by atoms with van der Waals surface area (Å²) in [5, 5.41) is 0. The summed E-state index contributed by atoms with van der Waals surface area (Å²) in [6.07, 6.45) is 12.2. The SMILES string of the molecule is CCCCCCCOc1ccc(-c2ccc(-c3ccc(C4CCC(CCCCC)CO4)cc3F)cc2)c(F)c1F. The zero-order chi connectivity index (χ0) is 28.3. The van der Waals surface area contributed by atoms with Gasteiger partial charge in [-0.05, 0) is 66.5 Å². The summed E-state index contributed by atoms with van der Waals surface area (Å²) in [6, 6.07) is 15.2. The van der Waals surface area contributed by atoms with Crippen molar-refractivity contribution in [2.75, 3.05) is 13.2 Å². The van der Waals surface area contributed by atoms with Gasteiger partial charge in [0.2, 0.25) is 5.82 Å². The molecule has 3 aromatic carbocycles. The van der Waals surface area contributed by atoms with E-state index in [2.05, 4.69) is 13.8 Å². The van der Waals surface area contributed by atoms with E-state index in [4.69, 9.17) is 9.47 Å². The molecule has 0 aromatic heterocycles. The molecule has 40 heavy (non-hydrogen) atoms. The molecule has 0 saturated carbocycles. The van der Waals surface area contributed by atoms with Crippen molar-refractivity contribution in [2.24, 2.45) is 5.92 Å². The summed E-state index contributed by atoms with van der Waals surface area (Å²) in [7, 11) is 0. The summed E-state index contributed by atoms with van der Waals surface area (Å²) in [5.74, 6) is -1.69. The molecule has 2 unspecified atom stereocenters. The Labute approximate surface area is 237 Å². The number of hydrogen-bond donors (Lipinski definition) is 0. The van der Waals surface area contributed by atoms with Crippen LogP contribution in [0.25, 0.3) is 22.3 Å². The van der Waals surface area contributed by atoms with Crippen molar-refractivity contribution in [3.05, 3.63) is 77.6 Å². The third kappa shape index (κ3) is 7.90. The number of ether oxygens (including phenoxy) is 2. The second-order valence-electron chi connectivity index (χ2n) is 11.1. The van der Waals surface area contributed by atoms with Gasteiger partial charge in [0.1, 0.15) is 5.82 Å². The highest BCUT2D eigenvalue weighted by Crippen LogP contribution is 2.36. The largest absolute Gasteiger partial charge is 0.490 e. The summed E-state index contributed by atoms with van der Waals surface area (Å²) in [5.41, 5.74) is 2.69. The van der Waals surface area contributed by atoms with Gasteiger partial charge in [-0.3, -0.25) is 0 Å². The van der Waals surface area contributed by atoms with Crippen LogP contribution in [-0.4, -0.2) is 13.2 Å². The molecule has 1 heterocycles. The quantitative estimate of drug-likeness (QED) is 0.185. The number of benzene rings is 3. The molecule has 0 aliphatic carbocycles. The zero-order valence-corrected chi connectivity index (χ0v) is 24.0. The van der Waals surface area contributed by atoms with E-state index in [0.29, 0.717) is 29.2 Å². The van der Waals surface area contributed by atoms with Crippen molar-refractivity contribution in [2.45, 2.75) is 90.6 Å². The fourth-order valence-electron chi connectivity index (χ4n) is 5.53. The highest BCUT2D eigenvalue weighted by atomic mass is 19.2. The van der Waals surface area contributed by atoms with Crippen LogP contribution in [0.15, 0.2) is 54.6 Å². The lowest BCUT2D eigenvalue weighted by molar-refractivity contribution is -0.0200. The molecular formula is C35H43F3O2. The first kappa shape index (κ1) is 30.2. The molecule has 216 valence electrons. The van der Waals surface area contributed by atoms with Gasteiger partial charge in [0, 0.05) is 11.1 Å². The molecule has 1 aliphatic rings. The summed E-state index contributed by atoms with van der Waals surface area (Å²) in [4.78, 5) is 0. The maximum Gasteiger partial charge on any atom is 0.201 e. The molecule has 0 radical (unpaired) electrons. The Balaban J connectivity index is 1.37. The van der Waals surface area contributed by atoms with Gasteiger partial charge in [0.15, 0.2) is 11.6 Å². The fraction of sp³-hybridized carbons (Fsp3) is 0.486. The molecule has 0 bridgehead atoms. The maximum absolute atomic E-state index is 15.2. The average molecular weight is 553 g/mol. The minimum atomic E-state index is -0.978. The lowest BCUT2D eigenvalue weighted by atomic mass is 9.90. The summed E-state index contributed by atoms with van der Waals surface area (Å²) < 4.78 is 56.4. The number of rotatable bonds is 14. The molecule has 1 fully saturated rings. The highest BCUT2D eigenvalue weighted by molar-refractivity contribution is 5.71. The van der Waals surface area contributed by atoms with Crippen LogP contribution in [0, 0.1) is 23.4 Å². The third-order valence-electron chi connectivity index (χ3n) is 8.01. The number of halogens is 3. The van der Waals surface area contributed by atoms with E-state index in [9.17, 15) is 8.78 Å². The van der Waals surface area contributed by atoms with Gasteiger partial charge in [-0.25, -0.2) is 8.78 Å². The van der Waals surface area contributed by atoms with Crippen LogP contribution in [0.1, 0.15) is 96.1 Å². The predicted octanol–water partition coefficient (Wildman–Crippen LogP) is 10.8. The summed E-state index contributed by atoms with van der Waals surface area (Å²) in [6.45, 7) is 5.47. The number of unbranched alkanes of at least 4 members (excludes halogenated alkanes) is 6. The minimum Gasteiger partial charge on any atom is -0.490 e. The van der Waals surface area contributed by atoms with Crippen molar-refractivity contribution in [1.82, 2.24) is 0 Å². The van der Waals surface area contributed by atoms with Gasteiger partial charge in [-0.2, -0.15) is 4.39 Å². The van der Waals surface area contributed by atoms with E-state index in [-0.39, 0.29) is 23.2 Å². The van der Waals surface area contributed by atoms with Crippen LogP contribution >= 0.6 is 0 Å². The van der Waals surface area contributed by atoms with Crippen LogP contribution in [-0.2, 0) is 4.74 Å². The molecular weight excluding hydrogens is 509 g/mol. The second-order valence-corrected chi connectivity index (χ2v) is 11.1. The molecule has 5 heteroatoms. The lowest BCUT2D eigenvalue weighted by Gasteiger charge is -2.29. The summed E-state index contributed by atoms with van der Waals surface area (Å²) >= 11 is 0. The number of hydrogen-bond acceptors (Lipinski definition) is 2. The van der Waals surface area contributed by atoms with Crippen LogP contribution in [0.2, 0.25) is 0 Å². The van der Waals surface area contributed by atoms with Gasteiger partial charge in [0.05, 0.1) is 19.3 Å². The Morgan fingerprint density at radius 2 is 1.40 bits per heavy atom. The maximum atomic E-state index is 15.2. The van der Waals surface area contributed by atoms with E-state index < -0.39 is 11.6 Å². The van der Waals surface area contributed by atoms with Gasteiger partial charge in [0.25, 0.3) is 0 Å². The molecule has 0 amide bonds.